The van der Waals surface area contributed by atoms with Crippen molar-refractivity contribution in [2.45, 2.75) is 0 Å². The second-order valence-electron chi connectivity index (χ2n) is 6.84. The molecule has 31 heavy (non-hydrogen) atoms. The molecule has 0 unspecified atom stereocenters. The summed E-state index contributed by atoms with van der Waals surface area (Å²) in [5.41, 5.74) is 2.49. The van der Waals surface area contributed by atoms with Crippen LogP contribution in [0.4, 0.5) is 0 Å². The van der Waals surface area contributed by atoms with E-state index in [1.807, 2.05) is 60.7 Å². The molecule has 154 valence electrons. The van der Waals surface area contributed by atoms with Gasteiger partial charge in [0.2, 0.25) is 0 Å². The van der Waals surface area contributed by atoms with Crippen LogP contribution in [0.25, 0.3) is 27.7 Å². The fourth-order valence-electron chi connectivity index (χ4n) is 3.64. The summed E-state index contributed by atoms with van der Waals surface area (Å²) in [5, 5.41) is 4.84. The minimum absolute atomic E-state index is 0.502. The normalized spacial score (nSPS) is 11.0. The zero-order valence-corrected chi connectivity index (χ0v) is 16.9. The molecule has 0 bridgehead atoms. The predicted molar refractivity (Wildman–Crippen MR) is 116 cm³/mol. The Labute approximate surface area is 177 Å². The quantitative estimate of drug-likeness (QED) is 0.406. The van der Waals surface area contributed by atoms with Gasteiger partial charge in [0.1, 0.15) is 17.2 Å². The Morgan fingerprint density at radius 3 is 2.39 bits per heavy atom. The van der Waals surface area contributed by atoms with Crippen molar-refractivity contribution in [3.63, 3.8) is 0 Å². The Bertz CT molecular complexity index is 1450. The molecule has 5 aromatic rings. The molecular weight excluding hydrogens is 396 g/mol. The van der Waals surface area contributed by atoms with E-state index in [-0.39, 0.29) is 0 Å². The Balaban J connectivity index is 1.74. The average molecular weight is 414 g/mol. The molecule has 2 aromatic heterocycles. The maximum atomic E-state index is 12.6. The number of hydrogen-bond acceptors (Lipinski definition) is 6. The number of para-hydroxylation sites is 1. The van der Waals surface area contributed by atoms with Crippen LogP contribution in [0, 0.1) is 0 Å². The lowest BCUT2D eigenvalue weighted by Crippen LogP contribution is -2.12. The average Bonchev–Trinajstić information content (AvgIpc) is 3.21. The highest BCUT2D eigenvalue weighted by molar-refractivity contribution is 5.96. The minimum atomic E-state index is -0.578. The van der Waals surface area contributed by atoms with Gasteiger partial charge in [0.05, 0.1) is 25.3 Å². The van der Waals surface area contributed by atoms with Gasteiger partial charge in [-0.25, -0.2) is 9.20 Å². The summed E-state index contributed by atoms with van der Waals surface area (Å²) in [6.45, 7) is 0. The van der Waals surface area contributed by atoms with E-state index in [2.05, 4.69) is 5.16 Å². The van der Waals surface area contributed by atoms with Gasteiger partial charge in [0.15, 0.2) is 11.5 Å². The lowest BCUT2D eigenvalue weighted by atomic mass is 10.1. The first-order valence-electron chi connectivity index (χ1n) is 9.59. The smallest absolute Gasteiger partial charge is 0.445 e. The van der Waals surface area contributed by atoms with E-state index < -0.39 is 5.76 Å². The molecule has 0 aliphatic rings. The molecule has 0 aliphatic carbocycles. The Morgan fingerprint density at radius 2 is 1.61 bits per heavy atom. The molecule has 0 radical (unpaired) electrons. The molecule has 2 heterocycles. The minimum Gasteiger partial charge on any atom is -0.493 e. The van der Waals surface area contributed by atoms with Crippen molar-refractivity contribution >= 4 is 16.4 Å². The molecule has 5 rings (SSSR count). The van der Waals surface area contributed by atoms with Crippen molar-refractivity contribution < 1.29 is 18.7 Å². The van der Waals surface area contributed by atoms with E-state index in [1.54, 1.807) is 26.4 Å². The molecule has 0 saturated carbocycles. The molecule has 7 heteroatoms. The van der Waals surface area contributed by atoms with Crippen LogP contribution in [0.1, 0.15) is 0 Å². The summed E-state index contributed by atoms with van der Waals surface area (Å²) < 4.78 is 23.4. The van der Waals surface area contributed by atoms with Crippen molar-refractivity contribution in [2.24, 2.45) is 0 Å². The SMILES string of the molecule is COc1ccc(-c2noc(=O)n3c2cc2c(Oc4ccccc4)cccc23)cc1OC. The van der Waals surface area contributed by atoms with Crippen LogP contribution in [-0.4, -0.2) is 23.8 Å². The van der Waals surface area contributed by atoms with Crippen molar-refractivity contribution in [2.75, 3.05) is 14.2 Å². The number of nitrogens with zero attached hydrogens (tertiary/aromatic N) is 2. The van der Waals surface area contributed by atoms with Gasteiger partial charge in [-0.05, 0) is 48.5 Å². The van der Waals surface area contributed by atoms with Gasteiger partial charge in [-0.15, -0.1) is 0 Å². The number of aromatic nitrogens is 2. The van der Waals surface area contributed by atoms with Crippen molar-refractivity contribution in [3.05, 3.63) is 83.3 Å². The Kier molecular flexibility index (Phi) is 4.55. The van der Waals surface area contributed by atoms with Crippen LogP contribution in [0.2, 0.25) is 0 Å². The summed E-state index contributed by atoms with van der Waals surface area (Å²) in [4.78, 5) is 12.6. The van der Waals surface area contributed by atoms with Gasteiger partial charge in [0, 0.05) is 10.9 Å². The first-order chi connectivity index (χ1) is 15.2. The van der Waals surface area contributed by atoms with Crippen LogP contribution >= 0.6 is 0 Å². The van der Waals surface area contributed by atoms with Gasteiger partial charge < -0.3 is 14.2 Å². The third-order valence-electron chi connectivity index (χ3n) is 5.07. The monoisotopic (exact) mass is 414 g/mol. The number of hydrogen-bond donors (Lipinski definition) is 0. The molecule has 0 saturated heterocycles. The number of methoxy groups -OCH3 is 2. The molecule has 3 aromatic carbocycles. The van der Waals surface area contributed by atoms with Crippen molar-refractivity contribution in [1.82, 2.24) is 9.56 Å². The second-order valence-corrected chi connectivity index (χ2v) is 6.84. The molecule has 7 nitrogen and oxygen atoms in total. The highest BCUT2D eigenvalue weighted by Crippen LogP contribution is 2.36. The molecule has 0 spiro atoms. The highest BCUT2D eigenvalue weighted by atomic mass is 16.5. The van der Waals surface area contributed by atoms with Gasteiger partial charge >= 0.3 is 5.76 Å². The number of benzene rings is 3. The van der Waals surface area contributed by atoms with Gasteiger partial charge in [-0.2, -0.15) is 0 Å². The first-order valence-corrected chi connectivity index (χ1v) is 9.59. The fraction of sp³-hybridized carbons (Fsp3) is 0.0833. The third kappa shape index (κ3) is 3.16. The molecular formula is C24H18N2O5. The molecule has 0 amide bonds. The lowest BCUT2D eigenvalue weighted by Gasteiger charge is -2.09. The fourth-order valence-corrected chi connectivity index (χ4v) is 3.64. The summed E-state index contributed by atoms with van der Waals surface area (Å²) in [5.74, 6) is 1.90. The van der Waals surface area contributed by atoms with E-state index >= 15 is 0 Å². The van der Waals surface area contributed by atoms with Gasteiger partial charge in [-0.3, -0.25) is 4.52 Å². The van der Waals surface area contributed by atoms with E-state index in [4.69, 9.17) is 18.7 Å². The van der Waals surface area contributed by atoms with E-state index in [0.717, 1.165) is 10.9 Å². The molecule has 0 N–H and O–H groups in total. The lowest BCUT2D eigenvalue weighted by molar-refractivity contribution is 0.350. The largest absolute Gasteiger partial charge is 0.493 e. The molecule has 0 aliphatic heterocycles. The maximum Gasteiger partial charge on any atom is 0.445 e. The predicted octanol–water partition coefficient (Wildman–Crippen LogP) is 4.92. The number of ether oxygens (including phenoxy) is 3. The van der Waals surface area contributed by atoms with E-state index in [9.17, 15) is 4.79 Å². The molecule has 0 fully saturated rings. The summed E-state index contributed by atoms with van der Waals surface area (Å²) in [6.07, 6.45) is 0. The zero-order valence-electron chi connectivity index (χ0n) is 16.9. The van der Waals surface area contributed by atoms with Gasteiger partial charge in [-0.1, -0.05) is 29.4 Å². The van der Waals surface area contributed by atoms with Crippen LogP contribution in [0.5, 0.6) is 23.0 Å². The maximum absolute atomic E-state index is 12.6. The summed E-state index contributed by atoms with van der Waals surface area (Å²) in [7, 11) is 3.14. The zero-order chi connectivity index (χ0) is 21.4. The van der Waals surface area contributed by atoms with Crippen LogP contribution in [-0.2, 0) is 0 Å². The molecule has 0 atom stereocenters. The summed E-state index contributed by atoms with van der Waals surface area (Å²) >= 11 is 0. The Hall–Kier alpha value is -4.26. The topological polar surface area (TPSA) is 75.2 Å². The standard InChI is InChI=1S/C24H18N2O5/c1-28-21-12-11-15(13-22(21)29-2)23-19-14-17-18(26(19)24(27)31-25-23)9-6-10-20(17)30-16-7-4-3-5-8-16/h3-14H,1-2H3. The summed E-state index contributed by atoms with van der Waals surface area (Å²) in [6, 6.07) is 22.3. The van der Waals surface area contributed by atoms with Crippen molar-refractivity contribution in [3.8, 4) is 34.3 Å². The van der Waals surface area contributed by atoms with Crippen LogP contribution < -0.4 is 20.0 Å². The van der Waals surface area contributed by atoms with Crippen LogP contribution in [0.3, 0.4) is 0 Å². The van der Waals surface area contributed by atoms with Gasteiger partial charge in [0.25, 0.3) is 0 Å². The van der Waals surface area contributed by atoms with Crippen molar-refractivity contribution in [1.29, 1.82) is 0 Å². The highest BCUT2D eigenvalue weighted by Gasteiger charge is 2.18. The van der Waals surface area contributed by atoms with Crippen LogP contribution in [0.15, 0.2) is 82.1 Å². The number of rotatable bonds is 5. The second kappa shape index (κ2) is 7.53. The number of fused-ring (bicyclic) bond motifs is 3. The van der Waals surface area contributed by atoms with E-state index in [1.165, 1.54) is 4.40 Å². The Morgan fingerprint density at radius 1 is 0.806 bits per heavy atom. The van der Waals surface area contributed by atoms with E-state index in [0.29, 0.717) is 39.7 Å². The third-order valence-corrected chi connectivity index (χ3v) is 5.07. The first kappa shape index (κ1) is 18.7.